The van der Waals surface area contributed by atoms with Gasteiger partial charge in [-0.05, 0) is 80.4 Å². The maximum absolute atomic E-state index is 13.2. The summed E-state index contributed by atoms with van der Waals surface area (Å²) in [5.74, 6) is 1.65. The Labute approximate surface area is 222 Å². The van der Waals surface area contributed by atoms with E-state index in [1.807, 2.05) is 30.3 Å². The molecule has 0 aromatic heterocycles. The highest BCUT2D eigenvalue weighted by molar-refractivity contribution is 5.94. The topological polar surface area (TPSA) is 41.6 Å². The van der Waals surface area contributed by atoms with Crippen LogP contribution in [-0.4, -0.2) is 29.5 Å². The number of amides is 1. The van der Waals surface area contributed by atoms with Crippen molar-refractivity contribution in [2.75, 3.05) is 13.1 Å². The fraction of sp³-hybridized carbons (Fsp3) is 0.424. The number of hydrogen-bond donors (Lipinski definition) is 1. The van der Waals surface area contributed by atoms with E-state index >= 15 is 0 Å². The number of fused-ring (bicyclic) bond motifs is 1. The van der Waals surface area contributed by atoms with Gasteiger partial charge in [-0.3, -0.25) is 9.69 Å². The average molecular weight is 497 g/mol. The largest absolute Gasteiger partial charge is 0.487 e. The maximum atomic E-state index is 13.2. The summed E-state index contributed by atoms with van der Waals surface area (Å²) >= 11 is 0. The fourth-order valence-corrected chi connectivity index (χ4v) is 5.99. The Balaban J connectivity index is 1.16. The minimum atomic E-state index is -0.231. The molecule has 4 heteroatoms. The summed E-state index contributed by atoms with van der Waals surface area (Å²) in [6.07, 6.45) is 6.32. The maximum Gasteiger partial charge on any atom is 0.251 e. The molecule has 0 spiro atoms. The summed E-state index contributed by atoms with van der Waals surface area (Å²) in [7, 11) is 0. The number of nitrogens with one attached hydrogen (secondary N) is 1. The van der Waals surface area contributed by atoms with E-state index in [-0.39, 0.29) is 17.6 Å². The predicted octanol–water partition coefficient (Wildman–Crippen LogP) is 6.95. The standard InChI is InChI=1S/C33H40N2O2/c1-3-33(4-2)23-30(29-12-8-9-13-31(29)37-33)34-32(36)28-16-14-27(15-17-28)24-35-20-18-26(19-21-35)22-25-10-6-5-7-11-25/h5-17,26,30H,3-4,18-24H2,1-2H3,(H,34,36). The molecule has 1 N–H and O–H groups in total. The number of likely N-dealkylation sites (tertiary alicyclic amines) is 1. The molecule has 5 rings (SSSR count). The van der Waals surface area contributed by atoms with Crippen molar-refractivity contribution in [1.29, 1.82) is 0 Å². The number of rotatable bonds is 8. The van der Waals surface area contributed by atoms with Gasteiger partial charge in [0.15, 0.2) is 0 Å². The van der Waals surface area contributed by atoms with Crippen LogP contribution in [0.3, 0.4) is 0 Å². The number of carbonyl (C=O) groups is 1. The summed E-state index contributed by atoms with van der Waals surface area (Å²) in [4.78, 5) is 15.8. The van der Waals surface area contributed by atoms with Crippen LogP contribution in [0.1, 0.15) is 79.0 Å². The Morgan fingerprint density at radius 1 is 0.892 bits per heavy atom. The molecule has 3 aromatic rings. The molecule has 0 saturated carbocycles. The second-order valence-corrected chi connectivity index (χ2v) is 10.9. The molecule has 0 aliphatic carbocycles. The molecule has 194 valence electrons. The number of piperidine rings is 1. The molecular weight excluding hydrogens is 456 g/mol. The molecule has 2 heterocycles. The third-order valence-electron chi connectivity index (χ3n) is 8.49. The average Bonchev–Trinajstić information content (AvgIpc) is 2.95. The van der Waals surface area contributed by atoms with Crippen LogP contribution in [0.15, 0.2) is 78.9 Å². The van der Waals surface area contributed by atoms with Crippen molar-refractivity contribution in [1.82, 2.24) is 10.2 Å². The minimum absolute atomic E-state index is 0.0175. The van der Waals surface area contributed by atoms with Crippen molar-refractivity contribution < 1.29 is 9.53 Å². The highest BCUT2D eigenvalue weighted by Crippen LogP contribution is 2.42. The summed E-state index contributed by atoms with van der Waals surface area (Å²) in [5.41, 5.74) is 4.28. The van der Waals surface area contributed by atoms with E-state index in [1.54, 1.807) is 0 Å². The van der Waals surface area contributed by atoms with Crippen LogP contribution in [0.4, 0.5) is 0 Å². The summed E-state index contributed by atoms with van der Waals surface area (Å²) < 4.78 is 6.40. The van der Waals surface area contributed by atoms with Gasteiger partial charge >= 0.3 is 0 Å². The molecule has 2 aliphatic rings. The molecule has 3 aromatic carbocycles. The molecule has 0 radical (unpaired) electrons. The van der Waals surface area contributed by atoms with E-state index in [1.165, 1.54) is 30.4 Å². The Morgan fingerprint density at radius 3 is 2.27 bits per heavy atom. The van der Waals surface area contributed by atoms with Crippen LogP contribution >= 0.6 is 0 Å². The predicted molar refractivity (Wildman–Crippen MR) is 150 cm³/mol. The summed E-state index contributed by atoms with van der Waals surface area (Å²) in [6.45, 7) is 7.56. The molecule has 1 atom stereocenters. The molecule has 1 amide bonds. The van der Waals surface area contributed by atoms with Crippen molar-refractivity contribution in [2.45, 2.75) is 70.6 Å². The second kappa shape index (κ2) is 11.5. The van der Waals surface area contributed by atoms with Crippen molar-refractivity contribution in [2.24, 2.45) is 5.92 Å². The van der Waals surface area contributed by atoms with Crippen LogP contribution < -0.4 is 10.1 Å². The number of para-hydroxylation sites is 1. The van der Waals surface area contributed by atoms with E-state index in [4.69, 9.17) is 4.74 Å². The number of benzene rings is 3. The number of ether oxygens (including phenoxy) is 1. The summed E-state index contributed by atoms with van der Waals surface area (Å²) in [5, 5.41) is 3.31. The van der Waals surface area contributed by atoms with Gasteiger partial charge in [-0.1, -0.05) is 74.5 Å². The molecule has 1 fully saturated rings. The molecule has 0 bridgehead atoms. The first-order chi connectivity index (χ1) is 18.1. The highest BCUT2D eigenvalue weighted by Gasteiger charge is 2.39. The number of nitrogens with zero attached hydrogens (tertiary/aromatic N) is 1. The lowest BCUT2D eigenvalue weighted by Gasteiger charge is -2.41. The van der Waals surface area contributed by atoms with E-state index < -0.39 is 0 Å². The molecule has 37 heavy (non-hydrogen) atoms. The van der Waals surface area contributed by atoms with Gasteiger partial charge in [0, 0.05) is 24.1 Å². The monoisotopic (exact) mass is 496 g/mol. The SMILES string of the molecule is CCC1(CC)CC(NC(=O)c2ccc(CN3CCC(Cc4ccccc4)CC3)cc2)c2ccccc2O1. The number of carbonyl (C=O) groups excluding carboxylic acids is 1. The van der Waals surface area contributed by atoms with Gasteiger partial charge < -0.3 is 10.1 Å². The quantitative estimate of drug-likeness (QED) is 0.367. The summed E-state index contributed by atoms with van der Waals surface area (Å²) in [6, 6.07) is 27.1. The molecule has 4 nitrogen and oxygen atoms in total. The Bertz CT molecular complexity index is 1160. The zero-order valence-electron chi connectivity index (χ0n) is 22.3. The lowest BCUT2D eigenvalue weighted by Crippen LogP contribution is -2.44. The van der Waals surface area contributed by atoms with Crippen LogP contribution in [0, 0.1) is 5.92 Å². The third-order valence-corrected chi connectivity index (χ3v) is 8.49. The van der Waals surface area contributed by atoms with Crippen molar-refractivity contribution in [3.05, 3.63) is 101 Å². The lowest BCUT2D eigenvalue weighted by atomic mass is 9.83. The van der Waals surface area contributed by atoms with E-state index in [2.05, 4.69) is 72.6 Å². The fourth-order valence-electron chi connectivity index (χ4n) is 5.99. The van der Waals surface area contributed by atoms with Crippen LogP contribution in [0.5, 0.6) is 5.75 Å². The van der Waals surface area contributed by atoms with Crippen molar-refractivity contribution in [3.63, 3.8) is 0 Å². The smallest absolute Gasteiger partial charge is 0.251 e. The van der Waals surface area contributed by atoms with Gasteiger partial charge in [0.05, 0.1) is 6.04 Å². The van der Waals surface area contributed by atoms with Gasteiger partial charge in [0.1, 0.15) is 11.4 Å². The van der Waals surface area contributed by atoms with Crippen LogP contribution in [-0.2, 0) is 13.0 Å². The molecular formula is C33H40N2O2. The first-order valence-corrected chi connectivity index (χ1v) is 14.0. The molecule has 1 unspecified atom stereocenters. The van der Waals surface area contributed by atoms with E-state index in [9.17, 15) is 4.79 Å². The minimum Gasteiger partial charge on any atom is -0.487 e. The Morgan fingerprint density at radius 2 is 1.57 bits per heavy atom. The Kier molecular flexibility index (Phi) is 7.95. The van der Waals surface area contributed by atoms with E-state index in [0.29, 0.717) is 5.56 Å². The van der Waals surface area contributed by atoms with Gasteiger partial charge in [-0.15, -0.1) is 0 Å². The van der Waals surface area contributed by atoms with Crippen LogP contribution in [0.2, 0.25) is 0 Å². The lowest BCUT2D eigenvalue weighted by molar-refractivity contribution is 0.0227. The van der Waals surface area contributed by atoms with Crippen molar-refractivity contribution in [3.8, 4) is 5.75 Å². The first-order valence-electron chi connectivity index (χ1n) is 14.0. The zero-order chi connectivity index (χ0) is 25.7. The van der Waals surface area contributed by atoms with Gasteiger partial charge in [-0.25, -0.2) is 0 Å². The van der Waals surface area contributed by atoms with Crippen molar-refractivity contribution >= 4 is 5.91 Å². The van der Waals surface area contributed by atoms with Gasteiger partial charge in [-0.2, -0.15) is 0 Å². The molecule has 2 aliphatic heterocycles. The Hall–Kier alpha value is -3.11. The third kappa shape index (κ3) is 6.07. The first kappa shape index (κ1) is 25.5. The highest BCUT2D eigenvalue weighted by atomic mass is 16.5. The van der Waals surface area contributed by atoms with Gasteiger partial charge in [0.25, 0.3) is 5.91 Å². The van der Waals surface area contributed by atoms with Crippen LogP contribution in [0.25, 0.3) is 0 Å². The normalized spacial score (nSPS) is 19.6. The van der Waals surface area contributed by atoms with E-state index in [0.717, 1.165) is 56.1 Å². The number of hydrogen-bond acceptors (Lipinski definition) is 3. The van der Waals surface area contributed by atoms with Gasteiger partial charge in [0.2, 0.25) is 0 Å². The molecule has 1 saturated heterocycles. The zero-order valence-corrected chi connectivity index (χ0v) is 22.3. The second-order valence-electron chi connectivity index (χ2n) is 10.9.